The molecule has 12 heteroatoms. The Bertz CT molecular complexity index is 1390. The fourth-order valence-corrected chi connectivity index (χ4v) is 6.35. The maximum atomic E-state index is 15.5. The maximum Gasteiger partial charge on any atom is 0.352 e. The Morgan fingerprint density at radius 1 is 1.16 bits per heavy atom. The number of alkyl halides is 2. The first kappa shape index (κ1) is 24.9. The molecule has 0 N–H and O–H groups in total. The molecular formula is C26H27F2N5O4S. The smallest absolute Gasteiger partial charge is 0.352 e. The molecule has 2 saturated heterocycles. The van der Waals surface area contributed by atoms with Crippen molar-refractivity contribution in [3.8, 4) is 5.75 Å². The van der Waals surface area contributed by atoms with Gasteiger partial charge in [-0.2, -0.15) is 8.78 Å². The van der Waals surface area contributed by atoms with Crippen molar-refractivity contribution >= 4 is 23.2 Å². The molecule has 3 aliphatic rings. The third kappa shape index (κ3) is 3.88. The van der Waals surface area contributed by atoms with Crippen LogP contribution in [0.2, 0.25) is 0 Å². The number of carbonyl (C=O) groups excluding carboxylic acids is 2. The summed E-state index contributed by atoms with van der Waals surface area (Å²) in [5.41, 5.74) is 0.642. The summed E-state index contributed by atoms with van der Waals surface area (Å²) in [5, 5.41) is 7.76. The number of hydrogen-bond acceptors (Lipinski definition) is 8. The molecule has 2 atom stereocenters. The zero-order valence-electron chi connectivity index (χ0n) is 21.2. The van der Waals surface area contributed by atoms with Gasteiger partial charge >= 0.3 is 5.92 Å². The lowest BCUT2D eigenvalue weighted by Crippen LogP contribution is -2.62. The molecule has 9 nitrogen and oxygen atoms in total. The molecule has 2 aliphatic heterocycles. The molecular weight excluding hydrogens is 516 g/mol. The highest BCUT2D eigenvalue weighted by molar-refractivity contribution is 7.11. The molecule has 2 aromatic heterocycles. The highest BCUT2D eigenvalue weighted by atomic mass is 32.1. The highest BCUT2D eigenvalue weighted by Gasteiger charge is 2.62. The van der Waals surface area contributed by atoms with Crippen molar-refractivity contribution in [3.63, 3.8) is 0 Å². The van der Waals surface area contributed by atoms with Gasteiger partial charge in [-0.1, -0.05) is 26.0 Å². The fraction of sp³-hybridized carbons (Fsp3) is 0.500. The molecule has 4 heterocycles. The molecule has 6 rings (SSSR count). The van der Waals surface area contributed by atoms with E-state index < -0.39 is 23.1 Å². The quantitative estimate of drug-likeness (QED) is 0.466. The van der Waals surface area contributed by atoms with Crippen LogP contribution in [0.25, 0.3) is 0 Å². The van der Waals surface area contributed by atoms with Crippen LogP contribution in [-0.2, 0) is 10.7 Å². The van der Waals surface area contributed by atoms with Crippen molar-refractivity contribution in [1.29, 1.82) is 0 Å². The fourth-order valence-electron chi connectivity index (χ4n) is 5.76. The number of hydrogen-bond donors (Lipinski definition) is 0. The minimum absolute atomic E-state index is 0.00540. The van der Waals surface area contributed by atoms with Gasteiger partial charge in [0.25, 0.3) is 11.8 Å². The van der Waals surface area contributed by atoms with Crippen molar-refractivity contribution in [3.05, 3.63) is 58.2 Å². The van der Waals surface area contributed by atoms with Crippen molar-refractivity contribution < 1.29 is 27.5 Å². The Hall–Kier alpha value is -3.41. The van der Waals surface area contributed by atoms with E-state index in [0.29, 0.717) is 24.5 Å². The van der Waals surface area contributed by atoms with Gasteiger partial charge in [-0.3, -0.25) is 14.6 Å². The van der Waals surface area contributed by atoms with Crippen molar-refractivity contribution in [1.82, 2.24) is 25.0 Å². The number of aromatic nitrogens is 3. The lowest BCUT2D eigenvalue weighted by atomic mass is 9.71. The third-order valence-electron chi connectivity index (χ3n) is 8.17. The topological polar surface area (TPSA) is 102 Å². The van der Waals surface area contributed by atoms with Crippen LogP contribution in [0, 0.1) is 16.7 Å². The van der Waals surface area contributed by atoms with Crippen LogP contribution in [-0.4, -0.2) is 70.1 Å². The van der Waals surface area contributed by atoms with Gasteiger partial charge in [0.05, 0.1) is 30.3 Å². The molecule has 1 aromatic carbocycles. The Morgan fingerprint density at radius 2 is 1.87 bits per heavy atom. The third-order valence-corrected chi connectivity index (χ3v) is 8.93. The van der Waals surface area contributed by atoms with E-state index in [1.807, 2.05) is 0 Å². The molecule has 1 spiro atoms. The summed E-state index contributed by atoms with van der Waals surface area (Å²) in [5.74, 6) is -4.98. The summed E-state index contributed by atoms with van der Waals surface area (Å²) in [6.07, 6.45) is 2.36. The van der Waals surface area contributed by atoms with E-state index in [0.717, 1.165) is 6.42 Å². The SMILES string of the molecule is COc1ccccc1C(F)(F)c1nnc(C2CN(C(=O)c3cncs3)CC23CN(C(=O)[C@H]2CC2(C)C)C3)o1. The van der Waals surface area contributed by atoms with Gasteiger partial charge in [0.2, 0.25) is 11.8 Å². The second-order valence-electron chi connectivity index (χ2n) is 11.1. The minimum Gasteiger partial charge on any atom is -0.496 e. The van der Waals surface area contributed by atoms with Crippen molar-refractivity contribution in [2.45, 2.75) is 32.1 Å². The summed E-state index contributed by atoms with van der Waals surface area (Å²) in [4.78, 5) is 34.1. The average Bonchev–Trinajstić information content (AvgIpc) is 3.41. The molecule has 0 bridgehead atoms. The Labute approximate surface area is 221 Å². The number of likely N-dealkylation sites (tertiary alicyclic amines) is 2. The Balaban J connectivity index is 1.29. The van der Waals surface area contributed by atoms with Crippen LogP contribution < -0.4 is 4.74 Å². The zero-order chi connectivity index (χ0) is 26.9. The summed E-state index contributed by atoms with van der Waals surface area (Å²) < 4.78 is 41.7. The first-order chi connectivity index (χ1) is 18.1. The Kier molecular flexibility index (Phi) is 5.60. The lowest BCUT2D eigenvalue weighted by molar-refractivity contribution is -0.146. The first-order valence-electron chi connectivity index (χ1n) is 12.4. The minimum atomic E-state index is -3.58. The van der Waals surface area contributed by atoms with E-state index in [9.17, 15) is 9.59 Å². The number of carbonyl (C=O) groups is 2. The van der Waals surface area contributed by atoms with E-state index in [4.69, 9.17) is 9.15 Å². The molecule has 1 unspecified atom stereocenters. The number of nitrogens with zero attached hydrogens (tertiary/aromatic N) is 5. The largest absolute Gasteiger partial charge is 0.496 e. The highest BCUT2D eigenvalue weighted by Crippen LogP contribution is 2.56. The van der Waals surface area contributed by atoms with Gasteiger partial charge in [0.15, 0.2) is 0 Å². The summed E-state index contributed by atoms with van der Waals surface area (Å²) in [6, 6.07) is 5.78. The van der Waals surface area contributed by atoms with E-state index in [1.165, 1.54) is 42.8 Å². The van der Waals surface area contributed by atoms with Crippen molar-refractivity contribution in [2.24, 2.45) is 16.7 Å². The zero-order valence-corrected chi connectivity index (χ0v) is 22.0. The second kappa shape index (κ2) is 8.55. The van der Waals surface area contributed by atoms with Gasteiger partial charge in [0, 0.05) is 37.5 Å². The van der Waals surface area contributed by atoms with E-state index in [1.54, 1.807) is 21.4 Å². The number of ether oxygens (including phenoxy) is 1. The van der Waals surface area contributed by atoms with Crippen LogP contribution in [0.1, 0.15) is 53.2 Å². The van der Waals surface area contributed by atoms with Gasteiger partial charge in [-0.15, -0.1) is 21.5 Å². The number of methoxy groups -OCH3 is 1. The van der Waals surface area contributed by atoms with E-state index in [-0.39, 0.29) is 46.9 Å². The molecule has 2 amide bonds. The Morgan fingerprint density at radius 3 is 2.53 bits per heavy atom. The molecule has 1 saturated carbocycles. The molecule has 0 radical (unpaired) electrons. The number of benzene rings is 1. The van der Waals surface area contributed by atoms with E-state index >= 15 is 8.78 Å². The standard InChI is InChI=1S/C26H27F2N5O4S/c1-24(2)8-16(24)21(34)33-12-25(13-33)11-32(22(35)19-9-29-14-38-19)10-17(25)20-30-31-23(37-20)26(27,28)15-6-4-5-7-18(15)36-3/h4-7,9,14,16-17H,8,10-13H2,1-3H3/t16-,17?/m1/s1. The first-order valence-corrected chi connectivity index (χ1v) is 13.3. The lowest BCUT2D eigenvalue weighted by Gasteiger charge is -2.50. The van der Waals surface area contributed by atoms with Crippen LogP contribution in [0.15, 0.2) is 40.4 Å². The summed E-state index contributed by atoms with van der Waals surface area (Å²) in [6.45, 7) is 5.51. The van der Waals surface area contributed by atoms with Gasteiger partial charge in [-0.05, 0) is 24.0 Å². The summed E-state index contributed by atoms with van der Waals surface area (Å²) in [7, 11) is 1.32. The number of para-hydroxylation sites is 1. The monoisotopic (exact) mass is 543 g/mol. The predicted octanol–water partition coefficient (Wildman–Crippen LogP) is 3.79. The van der Waals surface area contributed by atoms with Gasteiger partial charge in [-0.25, -0.2) is 0 Å². The maximum absolute atomic E-state index is 15.5. The summed E-state index contributed by atoms with van der Waals surface area (Å²) >= 11 is 1.24. The van der Waals surface area contributed by atoms with E-state index in [2.05, 4.69) is 29.0 Å². The van der Waals surface area contributed by atoms with Crippen LogP contribution in [0.3, 0.4) is 0 Å². The normalized spacial score (nSPS) is 23.4. The van der Waals surface area contributed by atoms with Crippen LogP contribution in [0.4, 0.5) is 8.78 Å². The van der Waals surface area contributed by atoms with Crippen molar-refractivity contribution in [2.75, 3.05) is 33.3 Å². The molecule has 1 aliphatic carbocycles. The van der Waals surface area contributed by atoms with Gasteiger partial charge < -0.3 is 19.0 Å². The van der Waals surface area contributed by atoms with Crippen LogP contribution >= 0.6 is 11.3 Å². The average molecular weight is 544 g/mol. The number of amides is 2. The second-order valence-corrected chi connectivity index (χ2v) is 12.0. The number of rotatable bonds is 6. The molecule has 38 heavy (non-hydrogen) atoms. The predicted molar refractivity (Wildman–Crippen MR) is 132 cm³/mol. The molecule has 3 aromatic rings. The number of halogens is 2. The molecule has 3 fully saturated rings. The van der Waals surface area contributed by atoms with Crippen LogP contribution in [0.5, 0.6) is 5.75 Å². The number of thiazole rings is 1. The van der Waals surface area contributed by atoms with Gasteiger partial charge in [0.1, 0.15) is 10.6 Å². The molecule has 200 valence electrons.